The van der Waals surface area contributed by atoms with Crippen molar-refractivity contribution in [1.82, 2.24) is 0 Å². The van der Waals surface area contributed by atoms with Crippen molar-refractivity contribution in [2.45, 2.75) is 92.4 Å². The minimum Gasteiger partial charge on any atom is -0.507 e. The van der Waals surface area contributed by atoms with E-state index in [-0.39, 0.29) is 24.2 Å². The van der Waals surface area contributed by atoms with Crippen LogP contribution in [0.15, 0.2) is 12.1 Å². The zero-order valence-corrected chi connectivity index (χ0v) is 16.5. The van der Waals surface area contributed by atoms with E-state index in [9.17, 15) is 9.90 Å². The molecule has 0 aliphatic rings. The Kier molecular flexibility index (Phi) is 8.70. The van der Waals surface area contributed by atoms with Crippen molar-refractivity contribution >= 4 is 5.97 Å². The summed E-state index contributed by atoms with van der Waals surface area (Å²) in [6.45, 7) is 15.1. The van der Waals surface area contributed by atoms with Crippen LogP contribution in [0.5, 0.6) is 5.75 Å². The quantitative estimate of drug-likeness (QED) is 0.513. The van der Waals surface area contributed by atoms with Gasteiger partial charge in [0, 0.05) is 6.42 Å². The van der Waals surface area contributed by atoms with E-state index in [0.717, 1.165) is 29.5 Å². The second-order valence-electron chi connectivity index (χ2n) is 8.61. The first-order valence-electron chi connectivity index (χ1n) is 8.99. The molecule has 3 nitrogen and oxygen atoms in total. The van der Waals surface area contributed by atoms with E-state index in [1.807, 2.05) is 12.1 Å². The Morgan fingerprint density at radius 3 is 1.92 bits per heavy atom. The first kappa shape index (κ1) is 23.5. The Balaban J connectivity index is 0.00000576. The first-order chi connectivity index (χ1) is 11.0. The molecule has 1 aromatic rings. The van der Waals surface area contributed by atoms with Crippen molar-refractivity contribution in [2.24, 2.45) is 0 Å². The second-order valence-corrected chi connectivity index (χ2v) is 8.61. The molecule has 0 radical (unpaired) electrons. The van der Waals surface area contributed by atoms with Crippen molar-refractivity contribution in [1.29, 1.82) is 0 Å². The molecular weight excluding hydrogens is 312 g/mol. The number of phenolic OH excluding ortho intramolecular Hbond substituents is 1. The Labute approximate surface area is 154 Å². The topological polar surface area (TPSA) is 46.5 Å². The summed E-state index contributed by atoms with van der Waals surface area (Å²) >= 11 is 0. The predicted octanol–water partition coefficient (Wildman–Crippen LogP) is 5.90. The number of benzene rings is 1. The number of aryl methyl sites for hydroxylation is 1. The highest BCUT2D eigenvalue weighted by Gasteiger charge is 2.26. The summed E-state index contributed by atoms with van der Waals surface area (Å²) in [7, 11) is 0. The zero-order chi connectivity index (χ0) is 18.5. The number of ether oxygens (including phenoxy) is 1. The van der Waals surface area contributed by atoms with E-state index in [1.54, 1.807) is 0 Å². The molecule has 0 heterocycles. The first-order valence-corrected chi connectivity index (χ1v) is 8.99. The third kappa shape index (κ3) is 7.09. The molecule has 0 spiro atoms. The van der Waals surface area contributed by atoms with E-state index in [2.05, 4.69) is 48.5 Å². The number of aromatic hydroxyl groups is 1. The van der Waals surface area contributed by atoms with Crippen molar-refractivity contribution < 1.29 is 14.6 Å². The van der Waals surface area contributed by atoms with Gasteiger partial charge in [0.05, 0.1) is 6.61 Å². The molecule has 1 aromatic carbocycles. The fraction of sp³-hybridized carbons (Fsp3) is 0.682. The SMILES string of the molecule is C.CCCCOC(=O)CCc1cc(C(C)(C)C)c(O)c(C(C)(C)C)c1. The monoisotopic (exact) mass is 350 g/mol. The summed E-state index contributed by atoms with van der Waals surface area (Å²) in [5, 5.41) is 10.7. The second kappa shape index (κ2) is 9.26. The van der Waals surface area contributed by atoms with E-state index < -0.39 is 0 Å². The maximum Gasteiger partial charge on any atom is 0.306 e. The lowest BCUT2D eigenvalue weighted by atomic mass is 9.78. The standard InChI is InChI=1S/C21H34O3.CH4/c1-8-9-12-24-18(22)11-10-15-13-16(20(2,3)4)19(23)17(14-15)21(5,6)7;/h13-14,23H,8-12H2,1-7H3;1H4. The molecular formula is C22H38O3. The van der Waals surface area contributed by atoms with Gasteiger partial charge in [-0.05, 0) is 40.4 Å². The van der Waals surface area contributed by atoms with Crippen molar-refractivity contribution in [3.8, 4) is 5.75 Å². The van der Waals surface area contributed by atoms with Gasteiger partial charge in [-0.15, -0.1) is 0 Å². The Morgan fingerprint density at radius 2 is 1.52 bits per heavy atom. The van der Waals surface area contributed by atoms with Crippen LogP contribution in [0, 0.1) is 0 Å². The molecule has 0 saturated carbocycles. The van der Waals surface area contributed by atoms with Crippen LogP contribution >= 0.6 is 0 Å². The van der Waals surface area contributed by atoms with Crippen LogP contribution in [0.25, 0.3) is 0 Å². The maximum absolute atomic E-state index is 11.9. The van der Waals surface area contributed by atoms with Gasteiger partial charge in [-0.2, -0.15) is 0 Å². The summed E-state index contributed by atoms with van der Waals surface area (Å²) < 4.78 is 5.23. The lowest BCUT2D eigenvalue weighted by molar-refractivity contribution is -0.143. The molecule has 0 aliphatic heterocycles. The highest BCUT2D eigenvalue weighted by molar-refractivity contribution is 5.69. The number of unbranched alkanes of at least 4 members (excludes halogenated alkanes) is 1. The zero-order valence-electron chi connectivity index (χ0n) is 16.5. The fourth-order valence-corrected chi connectivity index (χ4v) is 2.63. The van der Waals surface area contributed by atoms with Crippen LogP contribution in [0.2, 0.25) is 0 Å². The Hall–Kier alpha value is -1.51. The molecule has 25 heavy (non-hydrogen) atoms. The maximum atomic E-state index is 11.9. The summed E-state index contributed by atoms with van der Waals surface area (Å²) in [6.07, 6.45) is 2.95. The van der Waals surface area contributed by atoms with Crippen LogP contribution in [-0.4, -0.2) is 17.7 Å². The normalized spacial score (nSPS) is 11.8. The number of rotatable bonds is 6. The number of carbonyl (C=O) groups excluding carboxylic acids is 1. The van der Waals surface area contributed by atoms with E-state index >= 15 is 0 Å². The van der Waals surface area contributed by atoms with Gasteiger partial charge in [-0.3, -0.25) is 4.79 Å². The van der Waals surface area contributed by atoms with Gasteiger partial charge in [0.15, 0.2) is 0 Å². The highest BCUT2D eigenvalue weighted by atomic mass is 16.5. The number of carbonyl (C=O) groups is 1. The Morgan fingerprint density at radius 1 is 1.04 bits per heavy atom. The minimum absolute atomic E-state index is 0. The molecule has 0 saturated heterocycles. The molecule has 1 N–H and O–H groups in total. The summed E-state index contributed by atoms with van der Waals surface area (Å²) in [5.74, 6) is 0.232. The van der Waals surface area contributed by atoms with E-state index in [1.165, 1.54) is 0 Å². The smallest absolute Gasteiger partial charge is 0.306 e. The number of phenols is 1. The van der Waals surface area contributed by atoms with Crippen LogP contribution in [0.3, 0.4) is 0 Å². The van der Waals surface area contributed by atoms with Crippen molar-refractivity contribution in [2.75, 3.05) is 6.61 Å². The molecule has 0 aliphatic carbocycles. The third-order valence-electron chi connectivity index (χ3n) is 4.16. The molecule has 0 unspecified atom stereocenters. The number of hydrogen-bond acceptors (Lipinski definition) is 3. The van der Waals surface area contributed by atoms with Gasteiger partial charge >= 0.3 is 5.97 Å². The molecule has 3 heteroatoms. The highest BCUT2D eigenvalue weighted by Crippen LogP contribution is 2.39. The molecule has 0 aromatic heterocycles. The van der Waals surface area contributed by atoms with Crippen LogP contribution in [0.4, 0.5) is 0 Å². The molecule has 0 fully saturated rings. The van der Waals surface area contributed by atoms with Gasteiger partial charge < -0.3 is 9.84 Å². The van der Waals surface area contributed by atoms with Gasteiger partial charge in [0.2, 0.25) is 0 Å². The number of esters is 1. The van der Waals surface area contributed by atoms with Gasteiger partial charge in [0.1, 0.15) is 5.75 Å². The summed E-state index contributed by atoms with van der Waals surface area (Å²) in [6, 6.07) is 4.06. The summed E-state index contributed by atoms with van der Waals surface area (Å²) in [4.78, 5) is 11.9. The van der Waals surface area contributed by atoms with Crippen molar-refractivity contribution in [3.05, 3.63) is 28.8 Å². The average molecular weight is 351 g/mol. The van der Waals surface area contributed by atoms with Crippen LogP contribution < -0.4 is 0 Å². The molecule has 0 bridgehead atoms. The largest absolute Gasteiger partial charge is 0.507 e. The lowest BCUT2D eigenvalue weighted by Crippen LogP contribution is -2.18. The van der Waals surface area contributed by atoms with Crippen LogP contribution in [-0.2, 0) is 26.8 Å². The third-order valence-corrected chi connectivity index (χ3v) is 4.16. The molecule has 0 atom stereocenters. The van der Waals surface area contributed by atoms with Gasteiger partial charge in [-0.1, -0.05) is 74.4 Å². The number of hydrogen-bond donors (Lipinski definition) is 1. The molecule has 144 valence electrons. The van der Waals surface area contributed by atoms with Gasteiger partial charge in [0.25, 0.3) is 0 Å². The fourth-order valence-electron chi connectivity index (χ4n) is 2.63. The van der Waals surface area contributed by atoms with E-state index in [0.29, 0.717) is 25.2 Å². The Bertz CT molecular complexity index is 525. The van der Waals surface area contributed by atoms with Gasteiger partial charge in [-0.25, -0.2) is 0 Å². The lowest BCUT2D eigenvalue weighted by Gasteiger charge is -2.28. The van der Waals surface area contributed by atoms with E-state index in [4.69, 9.17) is 4.74 Å². The molecule has 1 rings (SSSR count). The van der Waals surface area contributed by atoms with Crippen LogP contribution in [0.1, 0.15) is 91.8 Å². The molecule has 0 amide bonds. The van der Waals surface area contributed by atoms with Crippen molar-refractivity contribution in [3.63, 3.8) is 0 Å². The summed E-state index contributed by atoms with van der Waals surface area (Å²) in [5.41, 5.74) is 2.65. The minimum atomic E-state index is -0.151. The predicted molar refractivity (Wildman–Crippen MR) is 106 cm³/mol. The average Bonchev–Trinajstić information content (AvgIpc) is 2.44.